The first kappa shape index (κ1) is 24.6. The Balaban J connectivity index is 0. The van der Waals surface area contributed by atoms with Crippen LogP contribution in [0.3, 0.4) is 0 Å². The number of nitrogens with zero attached hydrogens (tertiary/aromatic N) is 1. The lowest BCUT2D eigenvalue weighted by Crippen LogP contribution is -2.45. The van der Waals surface area contributed by atoms with E-state index in [4.69, 9.17) is 4.74 Å². The van der Waals surface area contributed by atoms with Crippen molar-refractivity contribution in [3.63, 3.8) is 0 Å². The van der Waals surface area contributed by atoms with Gasteiger partial charge in [0.1, 0.15) is 0 Å². The third-order valence-corrected chi connectivity index (χ3v) is 5.02. The minimum Gasteiger partial charge on any atom is -0.383 e. The lowest BCUT2D eigenvalue weighted by molar-refractivity contribution is -0.0476. The Morgan fingerprint density at radius 1 is 0.957 bits per heavy atom. The van der Waals surface area contributed by atoms with Crippen LogP contribution < -0.4 is 4.13 Å². The van der Waals surface area contributed by atoms with E-state index in [1.807, 2.05) is 0 Å². The number of methoxy groups -OCH3 is 1. The smallest absolute Gasteiger partial charge is 0.383 e. The maximum atomic E-state index is 11.5. The van der Waals surface area contributed by atoms with Crippen molar-refractivity contribution >= 4 is 20.0 Å². The predicted molar refractivity (Wildman–Crippen MR) is 68.1 cm³/mol. The number of sulfonamides is 2. The fourth-order valence-electron chi connectivity index (χ4n) is 0.644. The highest BCUT2D eigenvalue weighted by atomic mass is 32.3. The molecule has 0 rings (SSSR count). The molecule has 0 atom stereocenters. The average molecular weight is 398 g/mol. The molecule has 0 aliphatic heterocycles. The van der Waals surface area contributed by atoms with Gasteiger partial charge in [-0.1, -0.05) is 11.1 Å². The van der Waals surface area contributed by atoms with Crippen molar-refractivity contribution in [2.24, 2.45) is 0 Å². The van der Waals surface area contributed by atoms with Crippen molar-refractivity contribution in [1.82, 2.24) is 9.03 Å². The van der Waals surface area contributed by atoms with Crippen LogP contribution in [0, 0.1) is 0 Å². The fraction of sp³-hybridized carbons (Fsp3) is 1.00. The normalized spacial score (nSPS) is 13.7. The fourth-order valence-corrected chi connectivity index (χ4v) is 2.56. The molecule has 7 nitrogen and oxygen atoms in total. The molecule has 0 heterocycles. The highest BCUT2D eigenvalue weighted by Gasteiger charge is 2.55. The van der Waals surface area contributed by atoms with Gasteiger partial charge in [0, 0.05) is 13.7 Å². The van der Waals surface area contributed by atoms with Gasteiger partial charge in [0.2, 0.25) is 0 Å². The first-order valence-corrected chi connectivity index (χ1v) is 8.57. The summed E-state index contributed by atoms with van der Waals surface area (Å²) >= 11 is 0. The summed E-state index contributed by atoms with van der Waals surface area (Å²) in [4.78, 5) is 2.21. The molecule has 15 heteroatoms. The summed E-state index contributed by atoms with van der Waals surface area (Å²) in [6.45, 7) is 5.11. The molecule has 23 heavy (non-hydrogen) atoms. The van der Waals surface area contributed by atoms with Crippen LogP contribution in [0.25, 0.3) is 0 Å². The van der Waals surface area contributed by atoms with Crippen molar-refractivity contribution in [2.45, 2.75) is 17.9 Å². The van der Waals surface area contributed by atoms with E-state index in [9.17, 15) is 43.2 Å². The third kappa shape index (κ3) is 9.29. The van der Waals surface area contributed by atoms with Crippen LogP contribution in [-0.4, -0.2) is 66.6 Å². The van der Waals surface area contributed by atoms with E-state index in [1.165, 1.54) is 0 Å². The molecule has 0 aromatic heterocycles. The topological polar surface area (TPSA) is 92.8 Å². The SMILES string of the molecule is CCN(C)CCOC.O=S(=O)(NS(=O)(=O)C(F)(F)F)C(F)(F)F. The Kier molecular flexibility index (Phi) is 9.63. The number of hydrogen-bond donors (Lipinski definition) is 1. The van der Waals surface area contributed by atoms with E-state index in [0.29, 0.717) is 0 Å². The third-order valence-electron chi connectivity index (χ3n) is 2.05. The van der Waals surface area contributed by atoms with Crippen LogP contribution in [-0.2, 0) is 24.8 Å². The molecule has 0 saturated carbocycles. The Bertz CT molecular complexity index is 500. The summed E-state index contributed by atoms with van der Waals surface area (Å²) < 4.78 is 113. The van der Waals surface area contributed by atoms with Crippen LogP contribution in [0.4, 0.5) is 26.3 Å². The van der Waals surface area contributed by atoms with Gasteiger partial charge in [-0.3, -0.25) is 0 Å². The molecule has 0 saturated heterocycles. The number of nitrogens with one attached hydrogen (secondary N) is 1. The molecule has 0 spiro atoms. The molecule has 0 radical (unpaired) electrons. The zero-order chi connectivity index (χ0) is 19.1. The molecular weight excluding hydrogens is 382 g/mol. The van der Waals surface area contributed by atoms with Gasteiger partial charge >= 0.3 is 31.1 Å². The molecule has 142 valence electrons. The second-order valence-electron chi connectivity index (χ2n) is 3.87. The summed E-state index contributed by atoms with van der Waals surface area (Å²) in [5, 5.41) is 0. The zero-order valence-corrected chi connectivity index (χ0v) is 13.8. The van der Waals surface area contributed by atoms with Crippen molar-refractivity contribution in [1.29, 1.82) is 0 Å². The monoisotopic (exact) mass is 398 g/mol. The average Bonchev–Trinajstić information content (AvgIpc) is 2.32. The van der Waals surface area contributed by atoms with Gasteiger partial charge in [-0.25, -0.2) is 16.8 Å². The lowest BCUT2D eigenvalue weighted by atomic mass is 10.5. The summed E-state index contributed by atoms with van der Waals surface area (Å²) in [5.74, 6) is 0. The molecule has 0 unspecified atom stereocenters. The van der Waals surface area contributed by atoms with Crippen molar-refractivity contribution in [2.75, 3.05) is 33.9 Å². The maximum absolute atomic E-state index is 11.5. The van der Waals surface area contributed by atoms with Crippen LogP contribution in [0.2, 0.25) is 0 Å². The minimum absolute atomic E-state index is 0.493. The zero-order valence-electron chi connectivity index (χ0n) is 12.2. The standard InChI is InChI=1S/C6H15NO.C2HF6NO4S2/c1-4-7(2)5-6-8-3;3-1(4,5)14(10,11)9-15(12,13)2(6,7)8/h4-6H2,1-3H3;9H. The van der Waals surface area contributed by atoms with Gasteiger partial charge in [-0.15, -0.1) is 0 Å². The summed E-state index contributed by atoms with van der Waals surface area (Å²) in [5.41, 5.74) is -12.3. The van der Waals surface area contributed by atoms with Crippen LogP contribution >= 0.6 is 0 Å². The van der Waals surface area contributed by atoms with Gasteiger partial charge in [-0.05, 0) is 13.6 Å². The molecule has 0 aliphatic rings. The molecule has 0 aromatic carbocycles. The molecule has 0 bridgehead atoms. The minimum atomic E-state index is -6.60. The van der Waals surface area contributed by atoms with Gasteiger partial charge in [0.25, 0.3) is 0 Å². The second-order valence-corrected chi connectivity index (χ2v) is 7.48. The molecule has 0 fully saturated rings. The quantitative estimate of drug-likeness (QED) is 0.668. The molecule has 0 aliphatic carbocycles. The van der Waals surface area contributed by atoms with E-state index in [0.717, 1.165) is 19.7 Å². The summed E-state index contributed by atoms with van der Waals surface area (Å²) in [7, 11) is -9.38. The number of likely N-dealkylation sites (N-methyl/N-ethyl adjacent to an activating group) is 1. The Labute approximate surface area is 129 Å². The number of rotatable bonds is 6. The Morgan fingerprint density at radius 2 is 1.30 bits per heavy atom. The first-order valence-electron chi connectivity index (χ1n) is 5.60. The Morgan fingerprint density at radius 3 is 1.52 bits per heavy atom. The summed E-state index contributed by atoms with van der Waals surface area (Å²) in [6, 6.07) is 0. The van der Waals surface area contributed by atoms with Crippen LogP contribution in [0.15, 0.2) is 0 Å². The molecular formula is C8H16F6N2O5S2. The van der Waals surface area contributed by atoms with Crippen molar-refractivity contribution in [3.05, 3.63) is 0 Å². The number of halogens is 6. The van der Waals surface area contributed by atoms with Gasteiger partial charge < -0.3 is 9.64 Å². The summed E-state index contributed by atoms with van der Waals surface area (Å²) in [6.07, 6.45) is 0. The van der Waals surface area contributed by atoms with Crippen LogP contribution in [0.1, 0.15) is 6.92 Å². The van der Waals surface area contributed by atoms with Gasteiger partial charge in [0.15, 0.2) is 0 Å². The van der Waals surface area contributed by atoms with Gasteiger partial charge in [0.05, 0.1) is 6.61 Å². The van der Waals surface area contributed by atoms with Gasteiger partial charge in [-0.2, -0.15) is 26.3 Å². The number of ether oxygens (including phenoxy) is 1. The van der Waals surface area contributed by atoms with E-state index < -0.39 is 35.2 Å². The maximum Gasteiger partial charge on any atom is 0.512 e. The molecule has 1 N–H and O–H groups in total. The predicted octanol–water partition coefficient (Wildman–Crippen LogP) is 0.860. The van der Waals surface area contributed by atoms with Crippen LogP contribution in [0.5, 0.6) is 0 Å². The van der Waals surface area contributed by atoms with Crippen molar-refractivity contribution < 1.29 is 47.9 Å². The molecule has 0 amide bonds. The van der Waals surface area contributed by atoms with E-state index in [1.54, 1.807) is 7.11 Å². The van der Waals surface area contributed by atoms with E-state index in [2.05, 4.69) is 18.9 Å². The highest BCUT2D eigenvalue weighted by Crippen LogP contribution is 2.27. The molecule has 0 aromatic rings. The van der Waals surface area contributed by atoms with E-state index in [-0.39, 0.29) is 0 Å². The lowest BCUT2D eigenvalue weighted by Gasteiger charge is -2.11. The Hall–Kier alpha value is -0.640. The first-order chi connectivity index (χ1) is 10.0. The highest BCUT2D eigenvalue weighted by molar-refractivity contribution is 8.05. The van der Waals surface area contributed by atoms with E-state index >= 15 is 0 Å². The largest absolute Gasteiger partial charge is 0.512 e. The number of alkyl halides is 6. The second kappa shape index (κ2) is 9.00. The van der Waals surface area contributed by atoms with Crippen molar-refractivity contribution in [3.8, 4) is 0 Å². The number of hydrogen-bond acceptors (Lipinski definition) is 6.